The Hall–Kier alpha value is -0.135. The lowest BCUT2D eigenvalue weighted by Crippen LogP contribution is -2.11. The van der Waals surface area contributed by atoms with Crippen LogP contribution in [-0.4, -0.2) is 33.7 Å². The molecule has 1 unspecified atom stereocenters. The molecule has 0 heterocycles. The van der Waals surface area contributed by atoms with E-state index in [0.29, 0.717) is 0 Å². The Labute approximate surface area is 47.6 Å². The van der Waals surface area contributed by atoms with Crippen LogP contribution in [0.3, 0.4) is 0 Å². The average Bonchev–Trinajstić information content (AvgIpc) is 1.25. The van der Waals surface area contributed by atoms with Crippen molar-refractivity contribution in [3.8, 4) is 0 Å². The zero-order chi connectivity index (χ0) is 7.15. The molecule has 0 aromatic carbocycles. The number of nitrogens with two attached hydrogens (primary N) is 1. The second-order valence-electron chi connectivity index (χ2n) is 1.09. The molecule has 0 fully saturated rings. The van der Waals surface area contributed by atoms with Gasteiger partial charge in [0.05, 0.1) is 6.23 Å². The van der Waals surface area contributed by atoms with E-state index in [1.54, 1.807) is 0 Å². The first-order valence-electron chi connectivity index (χ1n) is 1.94. The summed E-state index contributed by atoms with van der Waals surface area (Å²) < 4.78 is 0. The largest absolute Gasteiger partial charge is 0.631 e. The van der Waals surface area contributed by atoms with Crippen molar-refractivity contribution in [1.82, 2.24) is 0 Å². The summed E-state index contributed by atoms with van der Waals surface area (Å²) in [5.74, 6) is 0. The van der Waals surface area contributed by atoms with Gasteiger partial charge in [-0.3, -0.25) is 0 Å². The summed E-state index contributed by atoms with van der Waals surface area (Å²) in [5.41, 5.74) is 4.67. The van der Waals surface area contributed by atoms with Crippen LogP contribution in [0.4, 0.5) is 0 Å². The summed E-state index contributed by atoms with van der Waals surface area (Å²) >= 11 is 0. The maximum Gasteiger partial charge on any atom is 0.631 e. The minimum absolute atomic E-state index is 0.667. The predicted octanol–water partition coefficient (Wildman–Crippen LogP) is -2.77. The molecule has 0 radical (unpaired) electrons. The minimum atomic E-state index is -2.17. The molecular formula is C2H10BNO4. The van der Waals surface area contributed by atoms with Crippen molar-refractivity contribution in [3.05, 3.63) is 0 Å². The Kier molecular flexibility index (Phi) is 9.25. The highest BCUT2D eigenvalue weighted by Crippen LogP contribution is 1.50. The summed E-state index contributed by atoms with van der Waals surface area (Å²) in [5, 5.41) is 29.3. The molecule has 0 bridgehead atoms. The molecular weight excluding hydrogens is 113 g/mol. The van der Waals surface area contributed by atoms with E-state index in [4.69, 9.17) is 20.2 Å². The quantitative estimate of drug-likeness (QED) is 0.177. The standard InChI is InChI=1S/C2H7NO.BH3O3/c1-2(3)4;2-1(3)4/h2,4H,3H2,1H3;2-4H. The van der Waals surface area contributed by atoms with Gasteiger partial charge in [-0.15, -0.1) is 0 Å². The van der Waals surface area contributed by atoms with Crippen LogP contribution in [0.25, 0.3) is 0 Å². The second-order valence-corrected chi connectivity index (χ2v) is 1.09. The Morgan fingerprint density at radius 2 is 1.38 bits per heavy atom. The van der Waals surface area contributed by atoms with Gasteiger partial charge in [-0.05, 0) is 6.92 Å². The summed E-state index contributed by atoms with van der Waals surface area (Å²) in [6.07, 6.45) is -0.667. The highest BCUT2D eigenvalue weighted by atomic mass is 16.5. The van der Waals surface area contributed by atoms with Gasteiger partial charge >= 0.3 is 7.32 Å². The van der Waals surface area contributed by atoms with E-state index in [2.05, 4.69) is 5.73 Å². The second kappa shape index (κ2) is 6.86. The zero-order valence-corrected chi connectivity index (χ0v) is 4.52. The third-order valence-electron chi connectivity index (χ3n) is 0. The van der Waals surface area contributed by atoms with E-state index in [0.717, 1.165) is 0 Å². The molecule has 50 valence electrons. The van der Waals surface area contributed by atoms with Gasteiger partial charge in [-0.25, -0.2) is 0 Å². The van der Waals surface area contributed by atoms with Gasteiger partial charge in [0.2, 0.25) is 0 Å². The summed E-state index contributed by atoms with van der Waals surface area (Å²) in [6.45, 7) is 1.50. The zero-order valence-electron chi connectivity index (χ0n) is 4.52. The van der Waals surface area contributed by atoms with Crippen LogP contribution in [0.15, 0.2) is 0 Å². The fourth-order valence-electron chi connectivity index (χ4n) is 0. The molecule has 0 spiro atoms. The smallest absolute Gasteiger partial charge is 0.402 e. The van der Waals surface area contributed by atoms with Crippen molar-refractivity contribution in [2.75, 3.05) is 0 Å². The molecule has 0 aromatic heterocycles. The molecule has 0 saturated carbocycles. The van der Waals surface area contributed by atoms with Crippen molar-refractivity contribution in [1.29, 1.82) is 0 Å². The van der Waals surface area contributed by atoms with Crippen molar-refractivity contribution in [2.24, 2.45) is 5.73 Å². The molecule has 1 atom stereocenters. The third-order valence-corrected chi connectivity index (χ3v) is 0. The third kappa shape index (κ3) is 7610. The van der Waals surface area contributed by atoms with Gasteiger partial charge in [-0.1, -0.05) is 0 Å². The molecule has 0 aliphatic heterocycles. The van der Waals surface area contributed by atoms with Crippen LogP contribution < -0.4 is 5.73 Å². The number of aliphatic hydroxyl groups is 1. The van der Waals surface area contributed by atoms with Crippen molar-refractivity contribution in [3.63, 3.8) is 0 Å². The monoisotopic (exact) mass is 123 g/mol. The van der Waals surface area contributed by atoms with Gasteiger partial charge in [0.1, 0.15) is 0 Å². The topological polar surface area (TPSA) is 107 Å². The van der Waals surface area contributed by atoms with Crippen LogP contribution in [0.2, 0.25) is 0 Å². The molecule has 0 saturated heterocycles. The van der Waals surface area contributed by atoms with Gasteiger partial charge in [0, 0.05) is 0 Å². The molecule has 6 N–H and O–H groups in total. The number of aliphatic hydroxyl groups excluding tert-OH is 1. The van der Waals surface area contributed by atoms with Crippen LogP contribution >= 0.6 is 0 Å². The first-order chi connectivity index (χ1) is 3.46. The lowest BCUT2D eigenvalue weighted by molar-refractivity contribution is 0.203. The predicted molar refractivity (Wildman–Crippen MR) is 28.3 cm³/mol. The highest BCUT2D eigenvalue weighted by Gasteiger charge is 1.92. The maximum absolute atomic E-state index is 7.83. The van der Waals surface area contributed by atoms with E-state index >= 15 is 0 Å². The molecule has 0 amide bonds. The Morgan fingerprint density at radius 1 is 1.38 bits per heavy atom. The summed E-state index contributed by atoms with van der Waals surface area (Å²) in [7, 11) is -2.17. The van der Waals surface area contributed by atoms with Crippen LogP contribution in [0.5, 0.6) is 0 Å². The van der Waals surface area contributed by atoms with Crippen LogP contribution in [0.1, 0.15) is 6.92 Å². The van der Waals surface area contributed by atoms with Gasteiger partial charge in [-0.2, -0.15) is 0 Å². The first kappa shape index (κ1) is 10.8. The van der Waals surface area contributed by atoms with Crippen LogP contribution in [-0.2, 0) is 0 Å². The Bertz CT molecular complexity index is 29.5. The maximum atomic E-state index is 7.83. The first-order valence-corrected chi connectivity index (χ1v) is 1.94. The van der Waals surface area contributed by atoms with Crippen molar-refractivity contribution in [2.45, 2.75) is 13.2 Å². The molecule has 5 nitrogen and oxygen atoms in total. The summed E-state index contributed by atoms with van der Waals surface area (Å²) in [6, 6.07) is 0. The van der Waals surface area contributed by atoms with Crippen molar-refractivity contribution < 1.29 is 20.2 Å². The fraction of sp³-hybridized carbons (Fsp3) is 1.00. The van der Waals surface area contributed by atoms with E-state index in [9.17, 15) is 0 Å². The van der Waals surface area contributed by atoms with Crippen molar-refractivity contribution >= 4 is 7.32 Å². The molecule has 0 aliphatic rings. The Balaban J connectivity index is 0. The van der Waals surface area contributed by atoms with E-state index < -0.39 is 13.5 Å². The molecule has 6 heteroatoms. The lowest BCUT2D eigenvalue weighted by atomic mass is 10.3. The molecule has 0 aromatic rings. The fourth-order valence-corrected chi connectivity index (χ4v) is 0. The number of hydrogen-bond acceptors (Lipinski definition) is 5. The number of hydrogen-bond donors (Lipinski definition) is 5. The van der Waals surface area contributed by atoms with Crippen LogP contribution in [0, 0.1) is 0 Å². The Morgan fingerprint density at radius 3 is 1.38 bits per heavy atom. The average molecular weight is 123 g/mol. The van der Waals surface area contributed by atoms with Gasteiger partial charge in [0.15, 0.2) is 0 Å². The minimum Gasteiger partial charge on any atom is -0.402 e. The SMILES string of the molecule is CC(N)O.OB(O)O. The molecule has 8 heavy (non-hydrogen) atoms. The van der Waals surface area contributed by atoms with E-state index in [1.165, 1.54) is 6.92 Å². The molecule has 0 rings (SSSR count). The van der Waals surface area contributed by atoms with Gasteiger partial charge < -0.3 is 25.9 Å². The lowest BCUT2D eigenvalue weighted by Gasteiger charge is -1.82. The highest BCUT2D eigenvalue weighted by molar-refractivity contribution is 6.30. The van der Waals surface area contributed by atoms with E-state index in [1.807, 2.05) is 0 Å². The van der Waals surface area contributed by atoms with Gasteiger partial charge in [0.25, 0.3) is 0 Å². The normalized spacial score (nSPS) is 11.2. The molecule has 0 aliphatic carbocycles. The summed E-state index contributed by atoms with van der Waals surface area (Å²) in [4.78, 5) is 0. The number of rotatable bonds is 0. The van der Waals surface area contributed by atoms with E-state index in [-0.39, 0.29) is 0 Å².